The molecule has 1 aromatic rings. The second kappa shape index (κ2) is 10.5. The summed E-state index contributed by atoms with van der Waals surface area (Å²) in [5.74, 6) is -2.75. The quantitative estimate of drug-likeness (QED) is 0.306. The van der Waals surface area contributed by atoms with Gasteiger partial charge in [-0.05, 0) is 43.9 Å². The van der Waals surface area contributed by atoms with Gasteiger partial charge in [0.05, 0.1) is 16.6 Å². The predicted molar refractivity (Wildman–Crippen MR) is 143 cm³/mol. The Kier molecular flexibility index (Phi) is 7.42. The van der Waals surface area contributed by atoms with Crippen LogP contribution in [-0.4, -0.2) is 71.3 Å². The van der Waals surface area contributed by atoms with Crippen LogP contribution in [0, 0.1) is 18.8 Å². The topological polar surface area (TPSA) is 96.4 Å². The molecule has 0 bridgehead atoms. The normalized spacial score (nSPS) is 32.1. The number of hydrogen-bond acceptors (Lipinski definition) is 6. The average molecular weight is 543 g/mol. The monoisotopic (exact) mass is 542 g/mol. The number of para-hydroxylation sites is 1. The summed E-state index contributed by atoms with van der Waals surface area (Å²) in [7, 11) is 0. The lowest BCUT2D eigenvalue weighted by Crippen LogP contribution is -2.56. The van der Waals surface area contributed by atoms with Crippen LogP contribution < -0.4 is 4.90 Å². The number of unbranched alkanes of at least 4 members (excludes halogenated alkanes) is 3. The van der Waals surface area contributed by atoms with Crippen LogP contribution in [0.3, 0.4) is 0 Å². The Balaban J connectivity index is 1.60. The Bertz CT molecular complexity index is 1160. The molecule has 1 unspecified atom stereocenters. The van der Waals surface area contributed by atoms with Gasteiger partial charge in [0.15, 0.2) is 0 Å². The number of esters is 1. The molecule has 4 aliphatic rings. The number of cyclic esters (lactones) is 1. The Morgan fingerprint density at radius 3 is 2.58 bits per heavy atom. The van der Waals surface area contributed by atoms with Crippen LogP contribution in [0.4, 0.5) is 5.69 Å². The van der Waals surface area contributed by atoms with Gasteiger partial charge in [0.25, 0.3) is 5.91 Å². The minimum absolute atomic E-state index is 0.121. The summed E-state index contributed by atoms with van der Waals surface area (Å²) in [4.78, 5) is 45.3. The second-order valence-corrected chi connectivity index (χ2v) is 11.0. The third kappa shape index (κ3) is 4.08. The summed E-state index contributed by atoms with van der Waals surface area (Å²) in [6.45, 7) is 4.68. The van der Waals surface area contributed by atoms with Gasteiger partial charge in [-0.25, -0.2) is 0 Å². The van der Waals surface area contributed by atoms with Gasteiger partial charge in [-0.1, -0.05) is 61.7 Å². The summed E-state index contributed by atoms with van der Waals surface area (Å²) >= 11 is 6.59. The Morgan fingerprint density at radius 2 is 1.84 bits per heavy atom. The SMILES string of the molecule is CC[C@]12C=CCOC(=O)[C@H]1[C@H]1C(=O)N(CCCCCCO)C3C(=O)N(c4c(C)cccc4Cl)CC=C[C@@]31O2. The number of hydrogen-bond donors (Lipinski definition) is 1. The summed E-state index contributed by atoms with van der Waals surface area (Å²) in [5, 5.41) is 9.59. The van der Waals surface area contributed by atoms with E-state index >= 15 is 0 Å². The molecule has 4 heterocycles. The maximum absolute atomic E-state index is 14.5. The van der Waals surface area contributed by atoms with Gasteiger partial charge >= 0.3 is 5.97 Å². The molecule has 204 valence electrons. The minimum atomic E-state index is -1.31. The zero-order valence-corrected chi connectivity index (χ0v) is 22.7. The first-order valence-corrected chi connectivity index (χ1v) is 13.9. The Hall–Kier alpha value is -2.68. The van der Waals surface area contributed by atoms with Crippen molar-refractivity contribution < 1.29 is 29.0 Å². The van der Waals surface area contributed by atoms with E-state index in [-0.39, 0.29) is 31.6 Å². The van der Waals surface area contributed by atoms with E-state index < -0.39 is 35.0 Å². The van der Waals surface area contributed by atoms with Crippen molar-refractivity contribution in [2.45, 2.75) is 63.2 Å². The molecular weight excluding hydrogens is 508 g/mol. The summed E-state index contributed by atoms with van der Waals surface area (Å²) < 4.78 is 12.3. The molecule has 0 saturated carbocycles. The van der Waals surface area contributed by atoms with E-state index in [1.54, 1.807) is 21.9 Å². The van der Waals surface area contributed by atoms with Crippen LogP contribution in [-0.2, 0) is 23.9 Å². The molecule has 8 nitrogen and oxygen atoms in total. The average Bonchev–Trinajstić information content (AvgIpc) is 3.16. The van der Waals surface area contributed by atoms with Crippen LogP contribution in [0.5, 0.6) is 0 Å². The Labute approximate surface area is 228 Å². The van der Waals surface area contributed by atoms with E-state index in [9.17, 15) is 14.4 Å². The number of rotatable bonds is 8. The first kappa shape index (κ1) is 26.9. The molecule has 4 aliphatic heterocycles. The summed E-state index contributed by atoms with van der Waals surface area (Å²) in [5.41, 5.74) is -0.902. The van der Waals surface area contributed by atoms with E-state index in [1.165, 1.54) is 0 Å². The number of ether oxygens (including phenoxy) is 2. The van der Waals surface area contributed by atoms with Crippen molar-refractivity contribution in [2.75, 3.05) is 31.2 Å². The number of amides is 2. The molecular formula is C29H35ClN2O6. The zero-order chi connectivity index (χ0) is 27.1. The molecule has 5 rings (SSSR count). The number of benzene rings is 1. The first-order chi connectivity index (χ1) is 18.3. The van der Waals surface area contributed by atoms with Gasteiger partial charge in [-0.3, -0.25) is 14.4 Å². The van der Waals surface area contributed by atoms with Crippen molar-refractivity contribution in [3.05, 3.63) is 53.1 Å². The maximum Gasteiger partial charge on any atom is 0.313 e. The van der Waals surface area contributed by atoms with Crippen LogP contribution in [0.15, 0.2) is 42.5 Å². The van der Waals surface area contributed by atoms with E-state index in [0.717, 1.165) is 18.4 Å². The lowest BCUT2D eigenvalue weighted by atomic mass is 9.73. The number of nitrogens with zero attached hydrogens (tertiary/aromatic N) is 2. The maximum atomic E-state index is 14.5. The minimum Gasteiger partial charge on any atom is -0.461 e. The number of carbonyl (C=O) groups excluding carboxylic acids is 3. The van der Waals surface area contributed by atoms with Crippen LogP contribution in [0.1, 0.15) is 44.6 Å². The van der Waals surface area contributed by atoms with E-state index in [0.29, 0.717) is 36.5 Å². The third-order valence-corrected chi connectivity index (χ3v) is 8.77. The van der Waals surface area contributed by atoms with Crippen molar-refractivity contribution in [3.8, 4) is 0 Å². The second-order valence-electron chi connectivity index (χ2n) is 10.6. The fourth-order valence-electron chi connectivity index (χ4n) is 6.75. The van der Waals surface area contributed by atoms with Gasteiger partial charge in [0.2, 0.25) is 5.91 Å². The molecule has 2 fully saturated rings. The van der Waals surface area contributed by atoms with Crippen molar-refractivity contribution in [1.29, 1.82) is 0 Å². The fraction of sp³-hybridized carbons (Fsp3) is 0.552. The number of aliphatic hydroxyl groups is 1. The largest absolute Gasteiger partial charge is 0.461 e. The molecule has 0 radical (unpaired) electrons. The van der Waals surface area contributed by atoms with Gasteiger partial charge in [-0.15, -0.1) is 0 Å². The molecule has 1 spiro atoms. The van der Waals surface area contributed by atoms with Crippen molar-refractivity contribution in [1.82, 2.24) is 4.90 Å². The molecule has 2 amide bonds. The van der Waals surface area contributed by atoms with E-state index in [1.807, 2.05) is 44.2 Å². The first-order valence-electron chi connectivity index (χ1n) is 13.5. The number of carbonyl (C=O) groups is 3. The van der Waals surface area contributed by atoms with Crippen molar-refractivity contribution >= 4 is 35.1 Å². The van der Waals surface area contributed by atoms with Crippen molar-refractivity contribution in [3.63, 3.8) is 0 Å². The van der Waals surface area contributed by atoms with Crippen LogP contribution in [0.25, 0.3) is 0 Å². The number of aliphatic hydroxyl groups excluding tert-OH is 1. The highest BCUT2D eigenvalue weighted by Gasteiger charge is 2.75. The van der Waals surface area contributed by atoms with Gasteiger partial charge < -0.3 is 24.4 Å². The van der Waals surface area contributed by atoms with Crippen LogP contribution in [0.2, 0.25) is 5.02 Å². The van der Waals surface area contributed by atoms with Gasteiger partial charge in [0.1, 0.15) is 29.8 Å². The van der Waals surface area contributed by atoms with E-state index in [4.69, 9.17) is 26.2 Å². The lowest BCUT2D eigenvalue weighted by molar-refractivity contribution is -0.157. The highest BCUT2D eigenvalue weighted by molar-refractivity contribution is 6.34. The number of anilines is 1. The number of halogens is 1. The molecule has 1 N–H and O–H groups in total. The molecule has 38 heavy (non-hydrogen) atoms. The molecule has 2 saturated heterocycles. The molecule has 1 aromatic carbocycles. The highest BCUT2D eigenvalue weighted by Crippen LogP contribution is 2.58. The van der Waals surface area contributed by atoms with E-state index in [2.05, 4.69) is 0 Å². The smallest absolute Gasteiger partial charge is 0.313 e. The Morgan fingerprint density at radius 1 is 1.05 bits per heavy atom. The molecule has 0 aromatic heterocycles. The highest BCUT2D eigenvalue weighted by atomic mass is 35.5. The molecule has 5 atom stereocenters. The van der Waals surface area contributed by atoms with Gasteiger partial charge in [-0.2, -0.15) is 0 Å². The fourth-order valence-corrected chi connectivity index (χ4v) is 7.07. The van der Waals surface area contributed by atoms with Crippen LogP contribution >= 0.6 is 11.6 Å². The lowest BCUT2D eigenvalue weighted by Gasteiger charge is -2.38. The van der Waals surface area contributed by atoms with Crippen molar-refractivity contribution in [2.24, 2.45) is 11.8 Å². The molecule has 9 heteroatoms. The van der Waals surface area contributed by atoms with Gasteiger partial charge in [0, 0.05) is 19.7 Å². The number of fused-ring (bicyclic) bond motifs is 2. The zero-order valence-electron chi connectivity index (χ0n) is 21.9. The predicted octanol–water partition coefficient (Wildman–Crippen LogP) is 3.58. The number of aryl methyl sites for hydroxylation is 1. The standard InChI is InChI=1S/C29H35ClN2O6/c1-3-28-13-10-18-37-27(36)22(28)21-25(34)32(15-6-4-5-7-17-33)24-26(35)31(16-9-14-29(21,24)38-28)23-19(2)11-8-12-20(23)30/h8-14,21-22,24,33H,3-7,15-18H2,1-2H3/t21-,22+,24?,28-,29-/m0/s1. The molecule has 0 aliphatic carbocycles. The third-order valence-electron chi connectivity index (χ3n) is 8.46. The summed E-state index contributed by atoms with van der Waals surface area (Å²) in [6.07, 6.45) is 10.7. The summed E-state index contributed by atoms with van der Waals surface area (Å²) in [6, 6.07) is 4.53. The number of likely N-dealkylation sites (tertiary alicyclic amines) is 1.